The van der Waals surface area contributed by atoms with Gasteiger partial charge in [-0.15, -0.1) is 12.4 Å². The van der Waals surface area contributed by atoms with Gasteiger partial charge in [-0.3, -0.25) is 10.1 Å². The summed E-state index contributed by atoms with van der Waals surface area (Å²) in [6.07, 6.45) is 0. The zero-order valence-corrected chi connectivity index (χ0v) is 11.8. The first kappa shape index (κ1) is 15.8. The molecule has 7 nitrogen and oxygen atoms in total. The van der Waals surface area contributed by atoms with Crippen LogP contribution in [0.15, 0.2) is 29.2 Å². The third-order valence-corrected chi connectivity index (χ3v) is 4.92. The second kappa shape index (κ2) is 5.83. The number of hydrogen-bond acceptors (Lipinski definition) is 5. The van der Waals surface area contributed by atoms with E-state index in [9.17, 15) is 18.5 Å². The van der Waals surface area contributed by atoms with Gasteiger partial charge >= 0.3 is 0 Å². The number of benzene rings is 1. The summed E-state index contributed by atoms with van der Waals surface area (Å²) in [6, 6.07) is 4.86. The fourth-order valence-electron chi connectivity index (χ4n) is 1.63. The van der Waals surface area contributed by atoms with Gasteiger partial charge in [-0.25, -0.2) is 8.42 Å². The van der Waals surface area contributed by atoms with Crippen LogP contribution < -0.4 is 5.32 Å². The molecule has 0 unspecified atom stereocenters. The SMILES string of the molecule is CN(C1CNC1)S(=O)(=O)c1ccc([N+](=O)[O-])cc1.Cl. The monoisotopic (exact) mass is 307 g/mol. The molecule has 1 aromatic rings. The molecule has 0 atom stereocenters. The molecule has 1 heterocycles. The Morgan fingerprint density at radius 3 is 2.21 bits per heavy atom. The highest BCUT2D eigenvalue weighted by atomic mass is 35.5. The van der Waals surface area contributed by atoms with Gasteiger partial charge in [0, 0.05) is 38.3 Å². The summed E-state index contributed by atoms with van der Waals surface area (Å²) >= 11 is 0. The van der Waals surface area contributed by atoms with Gasteiger partial charge in [0.2, 0.25) is 10.0 Å². The highest BCUT2D eigenvalue weighted by Gasteiger charge is 2.31. The van der Waals surface area contributed by atoms with Crippen LogP contribution in [0.5, 0.6) is 0 Å². The van der Waals surface area contributed by atoms with Crippen LogP contribution in [0.25, 0.3) is 0 Å². The number of sulfonamides is 1. The lowest BCUT2D eigenvalue weighted by Gasteiger charge is -2.34. The van der Waals surface area contributed by atoms with Crippen LogP contribution in [-0.4, -0.2) is 43.8 Å². The molecule has 1 aromatic carbocycles. The summed E-state index contributed by atoms with van der Waals surface area (Å²) in [5.74, 6) is 0. The average Bonchev–Trinajstić information content (AvgIpc) is 2.26. The zero-order chi connectivity index (χ0) is 13.3. The minimum Gasteiger partial charge on any atom is -0.313 e. The van der Waals surface area contributed by atoms with Gasteiger partial charge in [-0.1, -0.05) is 0 Å². The second-order valence-corrected chi connectivity index (χ2v) is 6.08. The standard InChI is InChI=1S/C10H13N3O4S.ClH/c1-12(9-6-11-7-9)18(16,17)10-4-2-8(3-5-10)13(14)15;/h2-5,9,11H,6-7H2,1H3;1H. The number of nitro groups is 1. The van der Waals surface area contributed by atoms with Gasteiger partial charge in [0.15, 0.2) is 0 Å². The van der Waals surface area contributed by atoms with E-state index >= 15 is 0 Å². The fraction of sp³-hybridized carbons (Fsp3) is 0.400. The Labute approximate surface area is 117 Å². The van der Waals surface area contributed by atoms with Crippen LogP contribution >= 0.6 is 12.4 Å². The van der Waals surface area contributed by atoms with Crippen LogP contribution in [0, 0.1) is 10.1 Å². The topological polar surface area (TPSA) is 92.6 Å². The highest BCUT2D eigenvalue weighted by molar-refractivity contribution is 7.89. The Morgan fingerprint density at radius 2 is 1.84 bits per heavy atom. The molecule has 2 rings (SSSR count). The summed E-state index contributed by atoms with van der Waals surface area (Å²) in [6.45, 7) is 1.26. The van der Waals surface area contributed by atoms with E-state index in [-0.39, 0.29) is 29.0 Å². The summed E-state index contributed by atoms with van der Waals surface area (Å²) < 4.78 is 25.6. The zero-order valence-electron chi connectivity index (χ0n) is 10.1. The molecule has 0 bridgehead atoms. The molecule has 1 aliphatic rings. The number of nitrogens with one attached hydrogen (secondary N) is 1. The first-order chi connectivity index (χ1) is 8.43. The quantitative estimate of drug-likeness (QED) is 0.650. The normalized spacial score (nSPS) is 15.7. The molecule has 106 valence electrons. The van der Waals surface area contributed by atoms with Crippen molar-refractivity contribution in [2.45, 2.75) is 10.9 Å². The van der Waals surface area contributed by atoms with Crippen molar-refractivity contribution >= 4 is 28.1 Å². The van der Waals surface area contributed by atoms with E-state index in [1.54, 1.807) is 0 Å². The van der Waals surface area contributed by atoms with Crippen molar-refractivity contribution in [1.29, 1.82) is 0 Å². The molecule has 0 aliphatic carbocycles. The minimum absolute atomic E-state index is 0. The van der Waals surface area contributed by atoms with Crippen LogP contribution in [0.2, 0.25) is 0 Å². The molecule has 0 spiro atoms. The van der Waals surface area contributed by atoms with Crippen molar-refractivity contribution in [3.05, 3.63) is 34.4 Å². The van der Waals surface area contributed by atoms with Crippen LogP contribution in [0.3, 0.4) is 0 Å². The maximum atomic E-state index is 12.2. The van der Waals surface area contributed by atoms with Crippen molar-refractivity contribution in [3.63, 3.8) is 0 Å². The summed E-state index contributed by atoms with van der Waals surface area (Å²) in [5, 5.41) is 13.5. The largest absolute Gasteiger partial charge is 0.313 e. The first-order valence-electron chi connectivity index (χ1n) is 5.36. The third-order valence-electron chi connectivity index (χ3n) is 3.00. The average molecular weight is 308 g/mol. The third kappa shape index (κ3) is 3.03. The number of hydrogen-bond donors (Lipinski definition) is 1. The lowest BCUT2D eigenvalue weighted by atomic mass is 10.2. The van der Waals surface area contributed by atoms with Crippen LogP contribution in [0.1, 0.15) is 0 Å². The van der Waals surface area contributed by atoms with E-state index < -0.39 is 14.9 Å². The van der Waals surface area contributed by atoms with Gasteiger partial charge in [0.1, 0.15) is 0 Å². The Kier molecular flexibility index (Phi) is 4.86. The second-order valence-electron chi connectivity index (χ2n) is 4.08. The van der Waals surface area contributed by atoms with Gasteiger partial charge in [0.05, 0.1) is 9.82 Å². The molecule has 1 fully saturated rings. The molecule has 0 radical (unpaired) electrons. The number of nitro benzene ring substituents is 1. The number of likely N-dealkylation sites (N-methyl/N-ethyl adjacent to an activating group) is 1. The van der Waals surface area contributed by atoms with Crippen molar-refractivity contribution in [2.24, 2.45) is 0 Å². The molecule has 19 heavy (non-hydrogen) atoms. The molecule has 0 saturated carbocycles. The number of nitrogens with zero attached hydrogens (tertiary/aromatic N) is 2. The van der Waals surface area contributed by atoms with E-state index in [1.807, 2.05) is 0 Å². The van der Waals surface area contributed by atoms with Gasteiger partial charge in [-0.2, -0.15) is 4.31 Å². The number of non-ortho nitro benzene ring substituents is 1. The van der Waals surface area contributed by atoms with E-state index in [0.717, 1.165) is 0 Å². The molecular weight excluding hydrogens is 294 g/mol. The van der Waals surface area contributed by atoms with Crippen LogP contribution in [0.4, 0.5) is 5.69 Å². The molecule has 1 aliphatic heterocycles. The minimum atomic E-state index is -3.57. The van der Waals surface area contributed by atoms with Gasteiger partial charge in [-0.05, 0) is 12.1 Å². The van der Waals surface area contributed by atoms with Gasteiger partial charge in [0.25, 0.3) is 5.69 Å². The van der Waals surface area contributed by atoms with Crippen molar-refractivity contribution < 1.29 is 13.3 Å². The maximum absolute atomic E-state index is 12.2. The Balaban J connectivity index is 0.00000180. The smallest absolute Gasteiger partial charge is 0.269 e. The molecule has 1 N–H and O–H groups in total. The van der Waals surface area contributed by atoms with Gasteiger partial charge < -0.3 is 5.32 Å². The summed E-state index contributed by atoms with van der Waals surface area (Å²) in [5.41, 5.74) is -0.123. The Bertz CT molecular complexity index is 557. The van der Waals surface area contributed by atoms with E-state index in [4.69, 9.17) is 0 Å². The molecule has 9 heteroatoms. The Hall–Kier alpha value is -1.22. The predicted molar refractivity (Wildman–Crippen MR) is 72.0 cm³/mol. The molecule has 1 saturated heterocycles. The fourth-order valence-corrected chi connectivity index (χ4v) is 2.99. The maximum Gasteiger partial charge on any atom is 0.269 e. The molecule has 0 aromatic heterocycles. The lowest BCUT2D eigenvalue weighted by molar-refractivity contribution is -0.384. The van der Waals surface area contributed by atoms with E-state index in [1.165, 1.54) is 35.6 Å². The highest BCUT2D eigenvalue weighted by Crippen LogP contribution is 2.20. The molecular formula is C10H14ClN3O4S. The summed E-state index contributed by atoms with van der Waals surface area (Å²) in [4.78, 5) is 10.0. The van der Waals surface area contributed by atoms with Crippen molar-refractivity contribution in [3.8, 4) is 0 Å². The predicted octanol–water partition coefficient (Wildman–Crippen LogP) is 0.609. The van der Waals surface area contributed by atoms with Crippen molar-refractivity contribution in [1.82, 2.24) is 9.62 Å². The number of halogens is 1. The Morgan fingerprint density at radius 1 is 1.32 bits per heavy atom. The first-order valence-corrected chi connectivity index (χ1v) is 6.80. The van der Waals surface area contributed by atoms with E-state index in [0.29, 0.717) is 13.1 Å². The summed E-state index contributed by atoms with van der Waals surface area (Å²) in [7, 11) is -2.05. The molecule has 0 amide bonds. The van der Waals surface area contributed by atoms with Crippen LogP contribution in [-0.2, 0) is 10.0 Å². The lowest BCUT2D eigenvalue weighted by Crippen LogP contribution is -2.57. The van der Waals surface area contributed by atoms with Crippen molar-refractivity contribution in [2.75, 3.05) is 20.1 Å². The van der Waals surface area contributed by atoms with E-state index in [2.05, 4.69) is 5.32 Å². The number of rotatable bonds is 4.